The van der Waals surface area contributed by atoms with E-state index in [1.165, 1.54) is 0 Å². The van der Waals surface area contributed by atoms with Crippen LogP contribution >= 0.6 is 27.5 Å². The molecule has 1 atom stereocenters. The van der Waals surface area contributed by atoms with Gasteiger partial charge >= 0.3 is 0 Å². The minimum atomic E-state index is -0.322. The maximum Gasteiger partial charge on any atom is 0.133 e. The molecule has 0 aliphatic heterocycles. The van der Waals surface area contributed by atoms with Crippen molar-refractivity contribution in [3.8, 4) is 5.75 Å². The molecule has 0 saturated carbocycles. The van der Waals surface area contributed by atoms with Crippen molar-refractivity contribution in [1.82, 2.24) is 9.78 Å². The largest absolute Gasteiger partial charge is 0.496 e. The van der Waals surface area contributed by atoms with E-state index >= 15 is 0 Å². The molecular formula is C13H15BrClN3O. The molecule has 1 heterocycles. The Morgan fingerprint density at radius 3 is 2.84 bits per heavy atom. The highest BCUT2D eigenvalue weighted by molar-refractivity contribution is 9.10. The standard InChI is InChI=1S/C13H15BrClN3O/c1-3-18-13(10(15)7-17-18)12(16)8-4-5-11(19-2)9(14)6-8/h4-7,12H,3,16H2,1-2H3. The van der Waals surface area contributed by atoms with E-state index in [-0.39, 0.29) is 6.04 Å². The van der Waals surface area contributed by atoms with Crippen molar-refractivity contribution in [3.63, 3.8) is 0 Å². The molecule has 2 rings (SSSR count). The van der Waals surface area contributed by atoms with Gasteiger partial charge < -0.3 is 10.5 Å². The quantitative estimate of drug-likeness (QED) is 0.925. The predicted octanol–water partition coefficient (Wildman–Crippen LogP) is 3.38. The third kappa shape index (κ3) is 2.78. The second kappa shape index (κ2) is 5.94. The third-order valence-electron chi connectivity index (χ3n) is 2.96. The van der Waals surface area contributed by atoms with Gasteiger partial charge in [0.1, 0.15) is 5.75 Å². The second-order valence-corrected chi connectivity index (χ2v) is 5.33. The van der Waals surface area contributed by atoms with Crippen LogP contribution in [0.1, 0.15) is 24.2 Å². The fraction of sp³-hybridized carbons (Fsp3) is 0.308. The lowest BCUT2D eigenvalue weighted by molar-refractivity contribution is 0.412. The van der Waals surface area contributed by atoms with Gasteiger partial charge in [-0.2, -0.15) is 5.10 Å². The Morgan fingerprint density at radius 2 is 2.26 bits per heavy atom. The SMILES string of the molecule is CCn1ncc(Cl)c1C(N)c1ccc(OC)c(Br)c1. The van der Waals surface area contributed by atoms with Gasteiger partial charge in [0.15, 0.2) is 0 Å². The van der Waals surface area contributed by atoms with Gasteiger partial charge in [0.25, 0.3) is 0 Å². The summed E-state index contributed by atoms with van der Waals surface area (Å²) in [7, 11) is 1.63. The van der Waals surface area contributed by atoms with Crippen LogP contribution in [0, 0.1) is 0 Å². The topological polar surface area (TPSA) is 53.1 Å². The summed E-state index contributed by atoms with van der Waals surface area (Å²) in [5.41, 5.74) is 8.06. The van der Waals surface area contributed by atoms with Crippen LogP contribution in [0.3, 0.4) is 0 Å². The normalized spacial score (nSPS) is 12.5. The molecule has 0 saturated heterocycles. The van der Waals surface area contributed by atoms with E-state index in [0.29, 0.717) is 5.02 Å². The van der Waals surface area contributed by atoms with Crippen LogP contribution in [0.25, 0.3) is 0 Å². The van der Waals surface area contributed by atoms with Crippen molar-refractivity contribution in [2.75, 3.05) is 7.11 Å². The zero-order chi connectivity index (χ0) is 14.0. The summed E-state index contributed by atoms with van der Waals surface area (Å²) in [6, 6.07) is 5.42. The number of nitrogens with two attached hydrogens (primary N) is 1. The van der Waals surface area contributed by atoms with Crippen molar-refractivity contribution in [3.05, 3.63) is 45.1 Å². The van der Waals surface area contributed by atoms with Crippen LogP contribution in [-0.4, -0.2) is 16.9 Å². The molecule has 0 spiro atoms. The molecule has 0 aliphatic carbocycles. The van der Waals surface area contributed by atoms with Crippen LogP contribution in [-0.2, 0) is 6.54 Å². The highest BCUT2D eigenvalue weighted by Crippen LogP contribution is 2.31. The minimum Gasteiger partial charge on any atom is -0.496 e. The van der Waals surface area contributed by atoms with Gasteiger partial charge in [-0.25, -0.2) is 0 Å². The summed E-state index contributed by atoms with van der Waals surface area (Å²) in [6.07, 6.45) is 1.62. The lowest BCUT2D eigenvalue weighted by atomic mass is 10.0. The molecular weight excluding hydrogens is 330 g/mol. The first-order valence-corrected chi connectivity index (χ1v) is 7.05. The third-order valence-corrected chi connectivity index (χ3v) is 3.87. The fourth-order valence-corrected chi connectivity index (χ4v) is 2.78. The van der Waals surface area contributed by atoms with Crippen molar-refractivity contribution in [2.45, 2.75) is 19.5 Å². The van der Waals surface area contributed by atoms with Gasteiger partial charge in [0.05, 0.1) is 34.5 Å². The molecule has 0 amide bonds. The highest BCUT2D eigenvalue weighted by atomic mass is 79.9. The van der Waals surface area contributed by atoms with Crippen LogP contribution in [0.2, 0.25) is 5.02 Å². The second-order valence-electron chi connectivity index (χ2n) is 4.07. The number of aryl methyl sites for hydroxylation is 1. The molecule has 1 unspecified atom stereocenters. The molecule has 2 aromatic rings. The Labute approximate surface area is 125 Å². The molecule has 0 bridgehead atoms. The summed E-state index contributed by atoms with van der Waals surface area (Å²) in [4.78, 5) is 0. The number of nitrogens with zero attached hydrogens (tertiary/aromatic N) is 2. The lowest BCUT2D eigenvalue weighted by Gasteiger charge is -2.15. The number of rotatable bonds is 4. The van der Waals surface area contributed by atoms with E-state index in [0.717, 1.165) is 28.0 Å². The van der Waals surface area contributed by atoms with Crippen LogP contribution in [0.4, 0.5) is 0 Å². The van der Waals surface area contributed by atoms with Gasteiger partial charge in [-0.1, -0.05) is 17.7 Å². The first kappa shape index (κ1) is 14.4. The van der Waals surface area contributed by atoms with Crippen molar-refractivity contribution < 1.29 is 4.74 Å². The van der Waals surface area contributed by atoms with Crippen molar-refractivity contribution in [1.29, 1.82) is 0 Å². The number of methoxy groups -OCH3 is 1. The van der Waals surface area contributed by atoms with Crippen LogP contribution < -0.4 is 10.5 Å². The van der Waals surface area contributed by atoms with Gasteiger partial charge in [0, 0.05) is 6.54 Å². The summed E-state index contributed by atoms with van der Waals surface area (Å²) >= 11 is 9.62. The number of hydrogen-bond acceptors (Lipinski definition) is 3. The molecule has 0 aliphatic rings. The zero-order valence-electron chi connectivity index (χ0n) is 10.7. The van der Waals surface area contributed by atoms with E-state index in [1.54, 1.807) is 13.3 Å². The first-order valence-electron chi connectivity index (χ1n) is 5.88. The Kier molecular flexibility index (Phi) is 4.50. The van der Waals surface area contributed by atoms with E-state index in [9.17, 15) is 0 Å². The predicted molar refractivity (Wildman–Crippen MR) is 79.6 cm³/mol. The molecule has 1 aromatic heterocycles. The smallest absolute Gasteiger partial charge is 0.133 e. The molecule has 6 heteroatoms. The molecule has 4 nitrogen and oxygen atoms in total. The van der Waals surface area contributed by atoms with Crippen LogP contribution in [0.15, 0.2) is 28.9 Å². The Bertz CT molecular complexity index is 585. The Balaban J connectivity index is 2.41. The zero-order valence-corrected chi connectivity index (χ0v) is 13.1. The monoisotopic (exact) mass is 343 g/mol. The average Bonchev–Trinajstić information content (AvgIpc) is 2.78. The maximum atomic E-state index is 6.29. The Morgan fingerprint density at radius 1 is 1.53 bits per heavy atom. The van der Waals surface area contributed by atoms with Crippen LogP contribution in [0.5, 0.6) is 5.75 Å². The minimum absolute atomic E-state index is 0.322. The van der Waals surface area contributed by atoms with E-state index in [2.05, 4.69) is 21.0 Å². The molecule has 2 N–H and O–H groups in total. The number of ether oxygens (including phenoxy) is 1. The molecule has 0 radical (unpaired) electrons. The van der Waals surface area contributed by atoms with Gasteiger partial charge in [-0.05, 0) is 40.5 Å². The molecule has 0 fully saturated rings. The van der Waals surface area contributed by atoms with E-state index < -0.39 is 0 Å². The van der Waals surface area contributed by atoms with Gasteiger partial charge in [-0.15, -0.1) is 0 Å². The lowest BCUT2D eigenvalue weighted by Crippen LogP contribution is -2.17. The van der Waals surface area contributed by atoms with Gasteiger partial charge in [-0.3, -0.25) is 4.68 Å². The number of halogens is 2. The highest BCUT2D eigenvalue weighted by Gasteiger charge is 2.18. The Hall–Kier alpha value is -1.04. The summed E-state index contributed by atoms with van der Waals surface area (Å²) in [5, 5.41) is 4.79. The van der Waals surface area contributed by atoms with Crippen molar-refractivity contribution >= 4 is 27.5 Å². The van der Waals surface area contributed by atoms with Crippen molar-refractivity contribution in [2.24, 2.45) is 5.73 Å². The average molecular weight is 345 g/mol. The molecule has 1 aromatic carbocycles. The molecule has 102 valence electrons. The van der Waals surface area contributed by atoms with E-state index in [4.69, 9.17) is 22.1 Å². The van der Waals surface area contributed by atoms with E-state index in [1.807, 2.05) is 29.8 Å². The summed E-state index contributed by atoms with van der Waals surface area (Å²) in [6.45, 7) is 2.73. The molecule has 19 heavy (non-hydrogen) atoms. The number of benzene rings is 1. The maximum absolute atomic E-state index is 6.29. The van der Waals surface area contributed by atoms with Gasteiger partial charge in [0.2, 0.25) is 0 Å². The number of aromatic nitrogens is 2. The fourth-order valence-electron chi connectivity index (χ4n) is 1.97. The summed E-state index contributed by atoms with van der Waals surface area (Å²) < 4.78 is 7.88. The summed E-state index contributed by atoms with van der Waals surface area (Å²) in [5.74, 6) is 0.769. The number of hydrogen-bond donors (Lipinski definition) is 1. The first-order chi connectivity index (χ1) is 9.08.